The molecule has 3 aliphatic rings. The zero-order chi connectivity index (χ0) is 18.4. The van der Waals surface area contributed by atoms with E-state index in [-0.39, 0.29) is 24.0 Å². The molecule has 2 atom stereocenters. The summed E-state index contributed by atoms with van der Waals surface area (Å²) in [5, 5.41) is 3.53. The molecule has 27 heavy (non-hydrogen) atoms. The first-order chi connectivity index (χ1) is 12.6. The standard InChI is InChI=1S/C20H38N4O2.HI/c1-4-21-19(24-7-5-20(15-24)6-10-26-16-20)22-14-18(13-17(2)3)23-8-11-25-12-9-23;/h17-18H,4-16H2,1-3H3,(H,21,22);1H. The molecule has 2 unspecified atom stereocenters. The molecule has 3 rings (SSSR count). The van der Waals surface area contributed by atoms with Crippen molar-refractivity contribution in [3.63, 3.8) is 0 Å². The molecule has 1 N–H and O–H groups in total. The summed E-state index contributed by atoms with van der Waals surface area (Å²) in [5.74, 6) is 1.78. The van der Waals surface area contributed by atoms with Crippen molar-refractivity contribution in [3.8, 4) is 0 Å². The minimum Gasteiger partial charge on any atom is -0.381 e. The van der Waals surface area contributed by atoms with Crippen LogP contribution in [0.1, 0.15) is 40.0 Å². The fourth-order valence-electron chi connectivity index (χ4n) is 4.53. The van der Waals surface area contributed by atoms with Crippen LogP contribution in [0.2, 0.25) is 0 Å². The summed E-state index contributed by atoms with van der Waals surface area (Å²) in [7, 11) is 0. The van der Waals surface area contributed by atoms with E-state index >= 15 is 0 Å². The highest BCUT2D eigenvalue weighted by molar-refractivity contribution is 14.0. The molecule has 0 aromatic rings. The number of hydrogen-bond acceptors (Lipinski definition) is 4. The van der Waals surface area contributed by atoms with E-state index in [2.05, 4.69) is 35.9 Å². The average molecular weight is 494 g/mol. The van der Waals surface area contributed by atoms with Crippen LogP contribution < -0.4 is 5.32 Å². The highest BCUT2D eigenvalue weighted by atomic mass is 127. The number of morpholine rings is 1. The third-order valence-electron chi connectivity index (χ3n) is 6.02. The number of ether oxygens (including phenoxy) is 2. The smallest absolute Gasteiger partial charge is 0.193 e. The summed E-state index contributed by atoms with van der Waals surface area (Å²) in [6, 6.07) is 0.513. The van der Waals surface area contributed by atoms with Crippen LogP contribution >= 0.6 is 24.0 Å². The Hall–Kier alpha value is -0.120. The Morgan fingerprint density at radius 3 is 2.52 bits per heavy atom. The normalized spacial score (nSPS) is 28.0. The van der Waals surface area contributed by atoms with Crippen LogP contribution in [-0.4, -0.2) is 87.5 Å². The molecule has 7 heteroatoms. The predicted molar refractivity (Wildman–Crippen MR) is 121 cm³/mol. The molecule has 1 spiro atoms. The van der Waals surface area contributed by atoms with Crippen LogP contribution in [0.25, 0.3) is 0 Å². The van der Waals surface area contributed by atoms with Gasteiger partial charge in [0, 0.05) is 50.8 Å². The number of halogens is 1. The number of nitrogens with one attached hydrogen (secondary N) is 1. The molecule has 0 bridgehead atoms. The summed E-state index contributed by atoms with van der Waals surface area (Å²) < 4.78 is 11.2. The van der Waals surface area contributed by atoms with Crippen LogP contribution in [0.4, 0.5) is 0 Å². The highest BCUT2D eigenvalue weighted by Crippen LogP contribution is 2.38. The molecule has 158 valence electrons. The lowest BCUT2D eigenvalue weighted by Crippen LogP contribution is -2.47. The monoisotopic (exact) mass is 494 g/mol. The molecule has 3 heterocycles. The molecule has 0 aromatic heterocycles. The Labute approximate surface area is 182 Å². The fourth-order valence-corrected chi connectivity index (χ4v) is 4.53. The number of nitrogens with zero attached hydrogens (tertiary/aromatic N) is 3. The Morgan fingerprint density at radius 2 is 1.89 bits per heavy atom. The van der Waals surface area contributed by atoms with E-state index in [1.165, 1.54) is 19.3 Å². The van der Waals surface area contributed by atoms with Gasteiger partial charge in [0.2, 0.25) is 0 Å². The lowest BCUT2D eigenvalue weighted by Gasteiger charge is -2.35. The van der Waals surface area contributed by atoms with Crippen molar-refractivity contribution in [2.45, 2.75) is 46.1 Å². The molecular weight excluding hydrogens is 455 g/mol. The van der Waals surface area contributed by atoms with Crippen molar-refractivity contribution in [1.82, 2.24) is 15.1 Å². The molecule has 0 aromatic carbocycles. The summed E-state index contributed by atoms with van der Waals surface area (Å²) in [6.07, 6.45) is 3.63. The van der Waals surface area contributed by atoms with Crippen molar-refractivity contribution in [2.75, 3.05) is 65.7 Å². The zero-order valence-electron chi connectivity index (χ0n) is 17.4. The van der Waals surface area contributed by atoms with Gasteiger partial charge in [0.15, 0.2) is 5.96 Å². The van der Waals surface area contributed by atoms with Gasteiger partial charge in [-0.25, -0.2) is 0 Å². The highest BCUT2D eigenvalue weighted by Gasteiger charge is 2.42. The quantitative estimate of drug-likeness (QED) is 0.349. The number of rotatable bonds is 6. The van der Waals surface area contributed by atoms with Crippen molar-refractivity contribution < 1.29 is 9.47 Å². The van der Waals surface area contributed by atoms with Crippen LogP contribution in [0.3, 0.4) is 0 Å². The van der Waals surface area contributed by atoms with Crippen LogP contribution in [-0.2, 0) is 9.47 Å². The van der Waals surface area contributed by atoms with Gasteiger partial charge in [-0.1, -0.05) is 13.8 Å². The van der Waals surface area contributed by atoms with Gasteiger partial charge in [0.1, 0.15) is 0 Å². The largest absolute Gasteiger partial charge is 0.381 e. The predicted octanol–water partition coefficient (Wildman–Crippen LogP) is 2.43. The van der Waals surface area contributed by atoms with E-state index in [0.717, 1.165) is 71.7 Å². The molecule has 3 aliphatic heterocycles. The third-order valence-corrected chi connectivity index (χ3v) is 6.02. The number of guanidine groups is 1. The minimum atomic E-state index is 0. The molecule has 6 nitrogen and oxygen atoms in total. The van der Waals surface area contributed by atoms with Crippen molar-refractivity contribution in [1.29, 1.82) is 0 Å². The first kappa shape index (κ1) is 23.2. The van der Waals surface area contributed by atoms with Crippen molar-refractivity contribution in [2.24, 2.45) is 16.3 Å². The number of hydrogen-bond donors (Lipinski definition) is 1. The molecule has 0 aliphatic carbocycles. The van der Waals surface area contributed by atoms with E-state index in [0.29, 0.717) is 17.4 Å². The maximum absolute atomic E-state index is 5.69. The van der Waals surface area contributed by atoms with E-state index in [1.54, 1.807) is 0 Å². The van der Waals surface area contributed by atoms with E-state index in [9.17, 15) is 0 Å². The van der Waals surface area contributed by atoms with Gasteiger partial charge in [-0.15, -0.1) is 24.0 Å². The zero-order valence-corrected chi connectivity index (χ0v) is 19.7. The Kier molecular flexibility index (Phi) is 9.58. The summed E-state index contributed by atoms with van der Waals surface area (Å²) >= 11 is 0. The first-order valence-corrected chi connectivity index (χ1v) is 10.5. The average Bonchev–Trinajstić information content (AvgIpc) is 3.28. The lowest BCUT2D eigenvalue weighted by atomic mass is 9.87. The maximum Gasteiger partial charge on any atom is 0.193 e. The molecule has 3 fully saturated rings. The van der Waals surface area contributed by atoms with Crippen LogP contribution in [0.5, 0.6) is 0 Å². The summed E-state index contributed by atoms with van der Waals surface area (Å²) in [4.78, 5) is 10.1. The van der Waals surface area contributed by atoms with Gasteiger partial charge in [-0.3, -0.25) is 9.89 Å². The van der Waals surface area contributed by atoms with E-state index in [4.69, 9.17) is 14.5 Å². The van der Waals surface area contributed by atoms with Gasteiger partial charge < -0.3 is 19.7 Å². The van der Waals surface area contributed by atoms with Crippen LogP contribution in [0.15, 0.2) is 4.99 Å². The fraction of sp³-hybridized carbons (Fsp3) is 0.950. The SMILES string of the molecule is CCNC(=NCC(CC(C)C)N1CCOCC1)N1CCC2(CCOC2)C1.I. The topological polar surface area (TPSA) is 49.3 Å². The van der Waals surface area contributed by atoms with Crippen molar-refractivity contribution in [3.05, 3.63) is 0 Å². The molecule has 0 radical (unpaired) electrons. The second kappa shape index (κ2) is 11.2. The molecule has 3 saturated heterocycles. The minimum absolute atomic E-state index is 0. The molecular formula is C20H39IN4O2. The van der Waals surface area contributed by atoms with E-state index < -0.39 is 0 Å². The second-order valence-corrected chi connectivity index (χ2v) is 8.60. The van der Waals surface area contributed by atoms with Gasteiger partial charge in [-0.2, -0.15) is 0 Å². The lowest BCUT2D eigenvalue weighted by molar-refractivity contribution is 0.0142. The Bertz CT molecular complexity index is 463. The second-order valence-electron chi connectivity index (χ2n) is 8.60. The maximum atomic E-state index is 5.69. The van der Waals surface area contributed by atoms with Crippen molar-refractivity contribution >= 4 is 29.9 Å². The van der Waals surface area contributed by atoms with Gasteiger partial charge >= 0.3 is 0 Å². The summed E-state index contributed by atoms with van der Waals surface area (Å²) in [6.45, 7) is 16.4. The number of aliphatic imine (C=N–C) groups is 1. The van der Waals surface area contributed by atoms with Gasteiger partial charge in [0.25, 0.3) is 0 Å². The van der Waals surface area contributed by atoms with Crippen LogP contribution in [0, 0.1) is 11.3 Å². The Morgan fingerprint density at radius 1 is 1.11 bits per heavy atom. The van der Waals surface area contributed by atoms with E-state index in [1.807, 2.05) is 0 Å². The first-order valence-electron chi connectivity index (χ1n) is 10.5. The third kappa shape index (κ3) is 6.44. The molecule has 0 saturated carbocycles. The van der Waals surface area contributed by atoms with Gasteiger partial charge in [0.05, 0.1) is 26.4 Å². The summed E-state index contributed by atoms with van der Waals surface area (Å²) in [5.41, 5.74) is 0.373. The van der Waals surface area contributed by atoms with Gasteiger partial charge in [-0.05, 0) is 32.1 Å². The number of likely N-dealkylation sites (tertiary alicyclic amines) is 1. The molecule has 0 amide bonds. The Balaban J connectivity index is 0.00000261.